The van der Waals surface area contributed by atoms with Crippen molar-refractivity contribution in [1.82, 2.24) is 20.0 Å². The summed E-state index contributed by atoms with van der Waals surface area (Å²) in [6.45, 7) is 8.06. The van der Waals surface area contributed by atoms with Gasteiger partial charge in [0.15, 0.2) is 0 Å². The van der Waals surface area contributed by atoms with Crippen LogP contribution in [0.15, 0.2) is 33.5 Å². The quantitative estimate of drug-likeness (QED) is 0.117. The van der Waals surface area contributed by atoms with Gasteiger partial charge in [0, 0.05) is 51.4 Å². The Morgan fingerprint density at radius 1 is 0.870 bits per heavy atom. The number of nitrogens with zero attached hydrogens (tertiary/aromatic N) is 5. The summed E-state index contributed by atoms with van der Waals surface area (Å²) in [7, 11) is 2.44. The zero-order chi connectivity index (χ0) is 39.4. The number of aliphatic hydroxyl groups is 1. The van der Waals surface area contributed by atoms with Crippen molar-refractivity contribution in [2.24, 2.45) is 17.8 Å². The number of carbonyl (C=O) groups is 2. The third-order valence-electron chi connectivity index (χ3n) is 9.03. The fourth-order valence-electron chi connectivity index (χ4n) is 5.85. The Bertz CT molecular complexity index is 1900. The number of hydrogen-bond acceptors (Lipinski definition) is 14. The number of carbonyl (C=O) groups excluding carboxylic acids is 2. The third kappa shape index (κ3) is 10.6. The largest absolute Gasteiger partial charge is 0.465 e. The molecule has 2 aromatic carbocycles. The van der Waals surface area contributed by atoms with Crippen LogP contribution in [-0.2, 0) is 30.2 Å². The van der Waals surface area contributed by atoms with E-state index in [1.165, 1.54) is 45.5 Å². The number of halogens is 2. The van der Waals surface area contributed by atoms with Crippen LogP contribution in [0.2, 0.25) is 0 Å². The number of aromatic nitrogens is 4. The van der Waals surface area contributed by atoms with Crippen molar-refractivity contribution in [2.45, 2.75) is 39.2 Å². The third-order valence-corrected chi connectivity index (χ3v) is 10.6. The minimum atomic E-state index is -0.656. The zero-order valence-electron chi connectivity index (χ0n) is 30.0. The molecule has 4 aromatic rings. The average Bonchev–Trinajstić information content (AvgIpc) is 4.02. The minimum absolute atomic E-state index is 0.0796. The molecule has 3 atom stereocenters. The Morgan fingerprint density at radius 3 is 1.83 bits per heavy atom. The van der Waals surface area contributed by atoms with Crippen molar-refractivity contribution in [1.29, 1.82) is 0 Å². The van der Waals surface area contributed by atoms with E-state index in [0.29, 0.717) is 60.0 Å². The number of nitrogens with one attached hydrogen (secondary N) is 1. The number of aliphatic hydroxyl groups excluding tert-OH is 1. The molecule has 2 N–H and O–H groups in total. The number of aromatic amines is 1. The van der Waals surface area contributed by atoms with E-state index in [0.717, 1.165) is 45.2 Å². The first-order chi connectivity index (χ1) is 25.9. The molecule has 2 aromatic heterocycles. The number of methoxy groups -OCH3 is 2. The standard InChI is InChI=1S/C14H14BrN3O5.C9H6BrN3O4.C6H12O.C5H10O2/c1-22-14(19)9-4-11-10(13(12(9)15)18(20)21)5-16-17(11)6-8-2-3-23-7-8;1-17-9(14)4-2-6-5(3-11-12-6)8(7(4)10)13(15)16;1-2-6-3-4-7-5-6;6-3-5-1-2-7-4-5/h4-5,8H,2-3,6-7H2,1H3;2-3H,1H3,(H,11,12);6H,2-5H2,1H3;5-6H,1-4H2. The Labute approximate surface area is 326 Å². The van der Waals surface area contributed by atoms with Crippen LogP contribution in [0.1, 0.15) is 53.3 Å². The van der Waals surface area contributed by atoms with Crippen LogP contribution in [-0.4, -0.2) is 107 Å². The van der Waals surface area contributed by atoms with Crippen molar-refractivity contribution >= 4 is 77.0 Å². The number of esters is 2. The molecule has 0 radical (unpaired) electrons. The lowest BCUT2D eigenvalue weighted by molar-refractivity contribution is -0.384. The molecule has 0 saturated carbocycles. The summed E-state index contributed by atoms with van der Waals surface area (Å²) in [6, 6.07) is 3.02. The number of nitro groups is 2. The van der Waals surface area contributed by atoms with E-state index in [1.807, 2.05) is 0 Å². The molecule has 3 aliphatic heterocycles. The topological polar surface area (TPSA) is 233 Å². The molecule has 20 heteroatoms. The smallest absolute Gasteiger partial charge is 0.339 e. The second-order valence-corrected chi connectivity index (χ2v) is 14.1. The maximum absolute atomic E-state index is 11.9. The summed E-state index contributed by atoms with van der Waals surface area (Å²) in [5, 5.41) is 42.1. The predicted octanol–water partition coefficient (Wildman–Crippen LogP) is 6.00. The number of hydrogen-bond donors (Lipinski definition) is 2. The van der Waals surface area contributed by atoms with Gasteiger partial charge in [-0.1, -0.05) is 13.3 Å². The molecule has 0 amide bonds. The maximum Gasteiger partial charge on any atom is 0.339 e. The van der Waals surface area contributed by atoms with Gasteiger partial charge in [0.2, 0.25) is 0 Å². The zero-order valence-corrected chi connectivity index (χ0v) is 33.1. The van der Waals surface area contributed by atoms with Gasteiger partial charge in [-0.25, -0.2) is 9.59 Å². The van der Waals surface area contributed by atoms with Gasteiger partial charge in [-0.3, -0.25) is 30.0 Å². The van der Waals surface area contributed by atoms with Gasteiger partial charge in [0.1, 0.15) is 8.95 Å². The summed E-state index contributed by atoms with van der Waals surface area (Å²) in [5.41, 5.74) is 0.730. The van der Waals surface area contributed by atoms with Crippen LogP contribution in [0, 0.1) is 38.0 Å². The first kappa shape index (κ1) is 42.7. The normalized spacial score (nSPS) is 18.9. The van der Waals surface area contributed by atoms with Crippen molar-refractivity contribution in [3.8, 4) is 0 Å². The molecule has 0 aliphatic carbocycles. The first-order valence-corrected chi connectivity index (χ1v) is 18.7. The van der Waals surface area contributed by atoms with Gasteiger partial charge >= 0.3 is 11.9 Å². The highest BCUT2D eigenvalue weighted by Crippen LogP contribution is 2.38. The van der Waals surface area contributed by atoms with Gasteiger partial charge < -0.3 is 28.8 Å². The van der Waals surface area contributed by atoms with E-state index >= 15 is 0 Å². The first-order valence-electron chi connectivity index (χ1n) is 17.1. The predicted molar refractivity (Wildman–Crippen MR) is 201 cm³/mol. The van der Waals surface area contributed by atoms with E-state index in [2.05, 4.69) is 58.8 Å². The average molecular weight is 887 g/mol. The summed E-state index contributed by atoms with van der Waals surface area (Å²) in [6.07, 6.45) is 7.32. The van der Waals surface area contributed by atoms with E-state index < -0.39 is 21.8 Å². The fraction of sp³-hybridized carbons (Fsp3) is 0.529. The van der Waals surface area contributed by atoms with Crippen LogP contribution in [0.5, 0.6) is 0 Å². The maximum atomic E-state index is 11.9. The number of nitro benzene ring substituents is 2. The molecule has 3 aliphatic rings. The van der Waals surface area contributed by atoms with Crippen molar-refractivity contribution in [3.63, 3.8) is 0 Å². The molecule has 0 spiro atoms. The Morgan fingerprint density at radius 2 is 1.39 bits per heavy atom. The van der Waals surface area contributed by atoms with E-state index in [9.17, 15) is 29.8 Å². The van der Waals surface area contributed by atoms with Crippen LogP contribution in [0.4, 0.5) is 11.4 Å². The highest BCUT2D eigenvalue weighted by atomic mass is 79.9. The molecule has 294 valence electrons. The van der Waals surface area contributed by atoms with Gasteiger partial charge in [-0.15, -0.1) is 0 Å². The van der Waals surface area contributed by atoms with Crippen molar-refractivity contribution in [2.75, 3.05) is 60.5 Å². The SMILES string of the molecule is CCC1CCOC1.COC(=O)c1cc2[nH]ncc2c([N+](=O)[O-])c1Br.COC(=O)c1cc2c(cnn2CC2CCOC2)c([N+](=O)[O-])c1Br.OCC1CCOC1. The van der Waals surface area contributed by atoms with Crippen LogP contribution in [0.3, 0.4) is 0 Å². The number of fused-ring (bicyclic) bond motifs is 2. The lowest BCUT2D eigenvalue weighted by Gasteiger charge is -2.10. The Balaban J connectivity index is 0.000000181. The van der Waals surface area contributed by atoms with Gasteiger partial charge in [0.25, 0.3) is 11.4 Å². The van der Waals surface area contributed by atoms with Gasteiger partial charge in [0.05, 0.1) is 82.6 Å². The van der Waals surface area contributed by atoms with Crippen LogP contribution in [0.25, 0.3) is 21.8 Å². The summed E-state index contributed by atoms with van der Waals surface area (Å²) < 4.78 is 26.6. The number of benzene rings is 2. The summed E-state index contributed by atoms with van der Waals surface area (Å²) >= 11 is 6.19. The molecular weight excluding hydrogens is 844 g/mol. The fourth-order valence-corrected chi connectivity index (χ4v) is 7.12. The van der Waals surface area contributed by atoms with Crippen molar-refractivity contribution < 1.29 is 48.2 Å². The molecule has 18 nitrogen and oxygen atoms in total. The second kappa shape index (κ2) is 20.6. The molecule has 5 heterocycles. The van der Waals surface area contributed by atoms with Crippen molar-refractivity contribution in [3.05, 3.63) is 64.8 Å². The van der Waals surface area contributed by atoms with E-state index in [4.69, 9.17) is 24.1 Å². The molecule has 0 bridgehead atoms. The highest BCUT2D eigenvalue weighted by Gasteiger charge is 2.28. The summed E-state index contributed by atoms with van der Waals surface area (Å²) in [4.78, 5) is 44.7. The van der Waals surface area contributed by atoms with Gasteiger partial charge in [-0.05, 0) is 69.2 Å². The lowest BCUT2D eigenvalue weighted by atomic mass is 10.1. The van der Waals surface area contributed by atoms with Crippen LogP contribution >= 0.6 is 31.9 Å². The number of H-pyrrole nitrogens is 1. The molecular formula is C34H42Br2N6O12. The lowest BCUT2D eigenvalue weighted by Crippen LogP contribution is -2.12. The summed E-state index contributed by atoms with van der Waals surface area (Å²) in [5.74, 6) is 0.317. The highest BCUT2D eigenvalue weighted by molar-refractivity contribution is 9.11. The monoisotopic (exact) mass is 884 g/mol. The van der Waals surface area contributed by atoms with E-state index in [1.54, 1.807) is 10.7 Å². The Kier molecular flexibility index (Phi) is 16.2. The molecule has 3 unspecified atom stereocenters. The number of rotatable bonds is 8. The Hall–Kier alpha value is -4.08. The minimum Gasteiger partial charge on any atom is -0.465 e. The van der Waals surface area contributed by atoms with E-state index in [-0.39, 0.29) is 31.4 Å². The molecule has 7 rings (SSSR count). The molecule has 3 fully saturated rings. The number of ether oxygens (including phenoxy) is 5. The second-order valence-electron chi connectivity index (χ2n) is 12.5. The molecule has 54 heavy (non-hydrogen) atoms. The van der Waals surface area contributed by atoms with Crippen LogP contribution < -0.4 is 0 Å². The van der Waals surface area contributed by atoms with Gasteiger partial charge in [-0.2, -0.15) is 10.2 Å². The molecule has 3 saturated heterocycles.